The Morgan fingerprint density at radius 2 is 1.95 bits per heavy atom. The molecule has 0 saturated carbocycles. The quantitative estimate of drug-likeness (QED) is 0.605. The molecule has 6 nitrogen and oxygen atoms in total. The highest BCUT2D eigenvalue weighted by Gasteiger charge is 2.25. The van der Waals surface area contributed by atoms with Crippen LogP contribution < -0.4 is 10.5 Å². The molecule has 0 aliphatic rings. The molecular formula is C13H22N2O4S. The minimum Gasteiger partial charge on any atom is -0.495 e. The molecule has 0 saturated heterocycles. The van der Waals surface area contributed by atoms with Crippen molar-refractivity contribution in [1.82, 2.24) is 4.31 Å². The fraction of sp³-hybridized carbons (Fsp3) is 0.538. The van der Waals surface area contributed by atoms with Crippen molar-refractivity contribution >= 4 is 15.7 Å². The van der Waals surface area contributed by atoms with Gasteiger partial charge >= 0.3 is 0 Å². The van der Waals surface area contributed by atoms with Crippen LogP contribution in [0.5, 0.6) is 5.75 Å². The first kappa shape index (κ1) is 16.7. The lowest BCUT2D eigenvalue weighted by Crippen LogP contribution is -2.29. The second kappa shape index (κ2) is 6.92. The number of sulfonamides is 1. The molecule has 7 heteroatoms. The smallest absolute Gasteiger partial charge is 0.246 e. The van der Waals surface area contributed by atoms with Gasteiger partial charge in [0.15, 0.2) is 0 Å². The first-order chi connectivity index (χ1) is 9.34. The molecule has 20 heavy (non-hydrogen) atoms. The van der Waals surface area contributed by atoms with Crippen LogP contribution in [0, 0.1) is 6.92 Å². The third-order valence-electron chi connectivity index (χ3n) is 3.06. The summed E-state index contributed by atoms with van der Waals surface area (Å²) in [6.07, 6.45) is 0.621. The summed E-state index contributed by atoms with van der Waals surface area (Å²) in [6.45, 7) is 2.68. The number of anilines is 1. The van der Waals surface area contributed by atoms with E-state index in [0.29, 0.717) is 31.0 Å². The molecule has 0 heterocycles. The summed E-state index contributed by atoms with van der Waals surface area (Å²) >= 11 is 0. The number of rotatable bonds is 7. The lowest BCUT2D eigenvalue weighted by molar-refractivity contribution is 0.189. The molecule has 0 radical (unpaired) electrons. The molecule has 1 aromatic carbocycles. The van der Waals surface area contributed by atoms with Gasteiger partial charge in [-0.15, -0.1) is 0 Å². The van der Waals surface area contributed by atoms with Crippen molar-refractivity contribution in [3.63, 3.8) is 0 Å². The summed E-state index contributed by atoms with van der Waals surface area (Å²) in [6, 6.07) is 3.07. The number of hydrogen-bond donors (Lipinski definition) is 1. The summed E-state index contributed by atoms with van der Waals surface area (Å²) in [7, 11) is 0.921. The number of nitrogen functional groups attached to an aromatic ring is 1. The summed E-state index contributed by atoms with van der Waals surface area (Å²) in [5.41, 5.74) is 7.01. The van der Waals surface area contributed by atoms with Crippen molar-refractivity contribution in [2.24, 2.45) is 0 Å². The largest absolute Gasteiger partial charge is 0.495 e. The molecule has 114 valence electrons. The lowest BCUT2D eigenvalue weighted by Gasteiger charge is -2.19. The van der Waals surface area contributed by atoms with Gasteiger partial charge in [-0.25, -0.2) is 12.7 Å². The van der Waals surface area contributed by atoms with Gasteiger partial charge in [-0.3, -0.25) is 0 Å². The van der Waals surface area contributed by atoms with Crippen LogP contribution in [0.3, 0.4) is 0 Å². The maximum atomic E-state index is 12.5. The van der Waals surface area contributed by atoms with Crippen molar-refractivity contribution in [1.29, 1.82) is 0 Å². The van der Waals surface area contributed by atoms with Gasteiger partial charge in [0.1, 0.15) is 10.6 Å². The highest BCUT2D eigenvalue weighted by Crippen LogP contribution is 2.30. The highest BCUT2D eigenvalue weighted by atomic mass is 32.2. The third kappa shape index (κ3) is 3.62. The molecule has 2 N–H and O–H groups in total. The topological polar surface area (TPSA) is 81.9 Å². The number of hydrogen-bond acceptors (Lipinski definition) is 5. The zero-order valence-corrected chi connectivity index (χ0v) is 13.2. The third-order valence-corrected chi connectivity index (χ3v) is 4.94. The van der Waals surface area contributed by atoms with E-state index in [0.717, 1.165) is 5.56 Å². The van der Waals surface area contributed by atoms with Gasteiger partial charge in [0.05, 0.1) is 7.11 Å². The van der Waals surface area contributed by atoms with Crippen LogP contribution in [0.15, 0.2) is 17.0 Å². The maximum Gasteiger partial charge on any atom is 0.246 e. The van der Waals surface area contributed by atoms with E-state index < -0.39 is 10.0 Å². The van der Waals surface area contributed by atoms with Gasteiger partial charge in [-0.1, -0.05) is 0 Å². The van der Waals surface area contributed by atoms with E-state index in [2.05, 4.69) is 0 Å². The van der Waals surface area contributed by atoms with Crippen molar-refractivity contribution in [2.45, 2.75) is 18.2 Å². The van der Waals surface area contributed by atoms with Gasteiger partial charge in [-0.2, -0.15) is 0 Å². The molecule has 0 bridgehead atoms. The Morgan fingerprint density at radius 3 is 2.50 bits per heavy atom. The Kier molecular flexibility index (Phi) is 5.79. The molecule has 0 amide bonds. The summed E-state index contributed by atoms with van der Waals surface area (Å²) in [5, 5.41) is 0. The number of ether oxygens (including phenoxy) is 2. The number of nitrogens with two attached hydrogens (primary N) is 1. The van der Waals surface area contributed by atoms with Gasteiger partial charge < -0.3 is 15.2 Å². The van der Waals surface area contributed by atoms with Gasteiger partial charge in [0.25, 0.3) is 0 Å². The molecule has 0 aliphatic carbocycles. The second-order valence-corrected chi connectivity index (χ2v) is 6.55. The van der Waals surface area contributed by atoms with E-state index in [1.807, 2.05) is 0 Å². The van der Waals surface area contributed by atoms with E-state index in [4.69, 9.17) is 15.2 Å². The predicted octanol–water partition coefficient (Wildman–Crippen LogP) is 1.24. The van der Waals surface area contributed by atoms with Gasteiger partial charge in [0.2, 0.25) is 10.0 Å². The van der Waals surface area contributed by atoms with E-state index in [9.17, 15) is 8.42 Å². The monoisotopic (exact) mass is 302 g/mol. The maximum absolute atomic E-state index is 12.5. The Morgan fingerprint density at radius 1 is 1.30 bits per heavy atom. The van der Waals surface area contributed by atoms with E-state index in [-0.39, 0.29) is 4.90 Å². The Labute approximate surface area is 120 Å². The van der Waals surface area contributed by atoms with Crippen molar-refractivity contribution in [2.75, 3.05) is 40.2 Å². The van der Waals surface area contributed by atoms with Crippen LogP contribution >= 0.6 is 0 Å². The van der Waals surface area contributed by atoms with Crippen LogP contribution in [0.2, 0.25) is 0 Å². The average Bonchev–Trinajstić information content (AvgIpc) is 2.41. The molecule has 1 rings (SSSR count). The number of benzene rings is 1. The summed E-state index contributed by atoms with van der Waals surface area (Å²) in [5.74, 6) is 0.301. The Balaban J connectivity index is 3.11. The fourth-order valence-electron chi connectivity index (χ4n) is 1.76. The first-order valence-electron chi connectivity index (χ1n) is 6.24. The average molecular weight is 302 g/mol. The van der Waals surface area contributed by atoms with Gasteiger partial charge in [0, 0.05) is 33.0 Å². The first-order valence-corrected chi connectivity index (χ1v) is 7.68. The van der Waals surface area contributed by atoms with Crippen molar-refractivity contribution in [3.8, 4) is 5.75 Å². The van der Waals surface area contributed by atoms with Crippen molar-refractivity contribution < 1.29 is 17.9 Å². The van der Waals surface area contributed by atoms with E-state index in [1.165, 1.54) is 24.5 Å². The number of nitrogens with zero attached hydrogens (tertiary/aromatic N) is 1. The molecule has 0 spiro atoms. The molecule has 0 aliphatic heterocycles. The minimum atomic E-state index is -3.63. The zero-order chi connectivity index (χ0) is 15.3. The zero-order valence-electron chi connectivity index (χ0n) is 12.3. The SMILES string of the molecule is COCCCN(C)S(=O)(=O)c1cc(N)c(C)cc1OC. The Bertz CT molecular complexity index is 558. The molecule has 0 atom stereocenters. The molecular weight excluding hydrogens is 280 g/mol. The number of methoxy groups -OCH3 is 2. The Hall–Kier alpha value is -1.31. The normalized spacial score (nSPS) is 11.8. The van der Waals surface area contributed by atoms with E-state index >= 15 is 0 Å². The second-order valence-electron chi connectivity index (χ2n) is 4.53. The van der Waals surface area contributed by atoms with Crippen LogP contribution in [-0.4, -0.2) is 47.1 Å². The molecule has 0 unspecified atom stereocenters. The summed E-state index contributed by atoms with van der Waals surface area (Å²) in [4.78, 5) is 0.0861. The molecule has 0 fully saturated rings. The fourth-order valence-corrected chi connectivity index (χ4v) is 3.14. The van der Waals surface area contributed by atoms with Crippen LogP contribution in [0.1, 0.15) is 12.0 Å². The van der Waals surface area contributed by atoms with Gasteiger partial charge in [-0.05, 0) is 31.0 Å². The van der Waals surface area contributed by atoms with Crippen LogP contribution in [0.25, 0.3) is 0 Å². The standard InChI is InChI=1S/C13H22N2O4S/c1-10-8-12(19-4)13(9-11(10)14)20(16,17)15(2)6-5-7-18-3/h8-9H,5-7,14H2,1-4H3. The summed E-state index contributed by atoms with van der Waals surface area (Å²) < 4.78 is 36.4. The minimum absolute atomic E-state index is 0.0861. The number of aryl methyl sites for hydroxylation is 1. The van der Waals surface area contributed by atoms with Crippen LogP contribution in [-0.2, 0) is 14.8 Å². The predicted molar refractivity (Wildman–Crippen MR) is 78.5 cm³/mol. The molecule has 1 aromatic rings. The highest BCUT2D eigenvalue weighted by molar-refractivity contribution is 7.89. The van der Waals surface area contributed by atoms with Crippen LogP contribution in [0.4, 0.5) is 5.69 Å². The van der Waals surface area contributed by atoms with Crippen molar-refractivity contribution in [3.05, 3.63) is 17.7 Å². The lowest BCUT2D eigenvalue weighted by atomic mass is 10.2. The molecule has 0 aromatic heterocycles. The van der Waals surface area contributed by atoms with E-state index in [1.54, 1.807) is 20.1 Å².